The van der Waals surface area contributed by atoms with Crippen molar-refractivity contribution in [2.45, 2.75) is 6.54 Å². The van der Waals surface area contributed by atoms with Gasteiger partial charge in [-0.05, 0) is 40.2 Å². The summed E-state index contributed by atoms with van der Waals surface area (Å²) in [6.07, 6.45) is 0. The third kappa shape index (κ3) is 3.50. The topological polar surface area (TPSA) is 55.2 Å². The van der Waals surface area contributed by atoms with Crippen molar-refractivity contribution in [1.29, 1.82) is 0 Å². The largest absolute Gasteiger partial charge is 0.380 e. The molecule has 0 aliphatic rings. The molecule has 0 heterocycles. The first kappa shape index (κ1) is 15.3. The molecule has 7 heteroatoms. The van der Waals surface area contributed by atoms with Crippen LogP contribution in [0.25, 0.3) is 0 Å². The van der Waals surface area contributed by atoms with Gasteiger partial charge in [0.2, 0.25) is 0 Å². The molecule has 0 fully saturated rings. The first-order chi connectivity index (χ1) is 9.49. The Balaban J connectivity index is 2.27. The van der Waals surface area contributed by atoms with E-state index < -0.39 is 4.92 Å². The SMILES string of the molecule is O=[N+]([O-])c1cccc(Cl)c1CNc1cc(Br)ccc1Br. The second kappa shape index (κ2) is 6.56. The maximum absolute atomic E-state index is 11.0. The zero-order chi connectivity index (χ0) is 14.7. The summed E-state index contributed by atoms with van der Waals surface area (Å²) in [6.45, 7) is 0.269. The van der Waals surface area contributed by atoms with Crippen LogP contribution in [0.3, 0.4) is 0 Å². The molecule has 2 aromatic rings. The Kier molecular flexibility index (Phi) is 5.01. The summed E-state index contributed by atoms with van der Waals surface area (Å²) in [5, 5.41) is 14.5. The van der Waals surface area contributed by atoms with Crippen LogP contribution >= 0.6 is 43.5 Å². The van der Waals surface area contributed by atoms with E-state index in [1.54, 1.807) is 12.1 Å². The van der Waals surface area contributed by atoms with E-state index in [0.717, 1.165) is 14.6 Å². The van der Waals surface area contributed by atoms with Gasteiger partial charge in [0.1, 0.15) is 0 Å². The molecule has 1 N–H and O–H groups in total. The number of nitrogens with one attached hydrogen (secondary N) is 1. The van der Waals surface area contributed by atoms with Crippen molar-refractivity contribution in [2.75, 3.05) is 5.32 Å². The number of nitro benzene ring substituents is 1. The average Bonchev–Trinajstić information content (AvgIpc) is 2.40. The van der Waals surface area contributed by atoms with Gasteiger partial charge in [-0.3, -0.25) is 10.1 Å². The second-order valence-corrected chi connectivity index (χ2v) is 6.15. The monoisotopic (exact) mass is 418 g/mol. The van der Waals surface area contributed by atoms with E-state index in [1.807, 2.05) is 18.2 Å². The molecule has 2 aromatic carbocycles. The fourth-order valence-corrected chi connectivity index (χ4v) is 2.69. The predicted molar refractivity (Wildman–Crippen MR) is 87.3 cm³/mol. The van der Waals surface area contributed by atoms with Crippen LogP contribution in [0.15, 0.2) is 45.3 Å². The number of anilines is 1. The van der Waals surface area contributed by atoms with Crippen molar-refractivity contribution in [3.05, 3.63) is 66.0 Å². The van der Waals surface area contributed by atoms with E-state index in [9.17, 15) is 10.1 Å². The Morgan fingerprint density at radius 2 is 2.00 bits per heavy atom. The van der Waals surface area contributed by atoms with E-state index in [2.05, 4.69) is 37.2 Å². The van der Waals surface area contributed by atoms with Crippen molar-refractivity contribution < 1.29 is 4.92 Å². The molecule has 0 bridgehead atoms. The third-order valence-corrected chi connectivity index (χ3v) is 4.21. The smallest absolute Gasteiger partial charge is 0.275 e. The summed E-state index contributed by atoms with van der Waals surface area (Å²) < 4.78 is 1.78. The predicted octanol–water partition coefficient (Wildman–Crippen LogP) is 5.39. The van der Waals surface area contributed by atoms with Crippen molar-refractivity contribution in [3.8, 4) is 0 Å². The molecule has 0 aliphatic carbocycles. The Morgan fingerprint density at radius 1 is 1.25 bits per heavy atom. The van der Waals surface area contributed by atoms with Gasteiger partial charge in [0, 0.05) is 27.2 Å². The summed E-state index contributed by atoms with van der Waals surface area (Å²) in [5.74, 6) is 0. The van der Waals surface area contributed by atoms with Crippen LogP contribution in [-0.4, -0.2) is 4.92 Å². The van der Waals surface area contributed by atoms with Crippen LogP contribution in [0.1, 0.15) is 5.56 Å². The lowest BCUT2D eigenvalue weighted by molar-refractivity contribution is -0.385. The van der Waals surface area contributed by atoms with Gasteiger partial charge in [0.15, 0.2) is 0 Å². The summed E-state index contributed by atoms with van der Waals surface area (Å²) in [5.41, 5.74) is 1.30. The highest BCUT2D eigenvalue weighted by Gasteiger charge is 2.16. The van der Waals surface area contributed by atoms with Gasteiger partial charge >= 0.3 is 0 Å². The zero-order valence-corrected chi connectivity index (χ0v) is 14.0. The molecular formula is C13H9Br2ClN2O2. The third-order valence-electron chi connectivity index (χ3n) is 2.67. The van der Waals surface area contributed by atoms with Crippen molar-refractivity contribution in [1.82, 2.24) is 0 Å². The zero-order valence-electron chi connectivity index (χ0n) is 10.1. The Hall–Kier alpha value is -1.11. The minimum Gasteiger partial charge on any atom is -0.380 e. The molecule has 0 saturated heterocycles. The molecule has 0 unspecified atom stereocenters. The number of hydrogen-bond acceptors (Lipinski definition) is 3. The van der Waals surface area contributed by atoms with Crippen LogP contribution in [-0.2, 0) is 6.54 Å². The van der Waals surface area contributed by atoms with Crippen LogP contribution in [0.2, 0.25) is 5.02 Å². The Morgan fingerprint density at radius 3 is 2.70 bits per heavy atom. The maximum atomic E-state index is 11.0. The normalized spacial score (nSPS) is 10.3. The Bertz CT molecular complexity index is 665. The lowest BCUT2D eigenvalue weighted by Gasteiger charge is -2.10. The van der Waals surface area contributed by atoms with Gasteiger partial charge < -0.3 is 5.32 Å². The van der Waals surface area contributed by atoms with Crippen molar-refractivity contribution in [3.63, 3.8) is 0 Å². The van der Waals surface area contributed by atoms with E-state index in [4.69, 9.17) is 11.6 Å². The molecule has 0 aliphatic heterocycles. The summed E-state index contributed by atoms with van der Waals surface area (Å²) in [7, 11) is 0. The van der Waals surface area contributed by atoms with Crippen molar-refractivity contribution >= 4 is 54.8 Å². The molecule has 0 atom stereocenters. The Labute approximate surface area is 137 Å². The fourth-order valence-electron chi connectivity index (χ4n) is 1.71. The molecule has 0 saturated carbocycles. The maximum Gasteiger partial charge on any atom is 0.275 e. The number of nitrogens with zero attached hydrogens (tertiary/aromatic N) is 1. The second-order valence-electron chi connectivity index (χ2n) is 3.97. The average molecular weight is 420 g/mol. The number of hydrogen-bond donors (Lipinski definition) is 1. The minimum atomic E-state index is -0.432. The first-order valence-corrected chi connectivity index (χ1v) is 7.56. The first-order valence-electron chi connectivity index (χ1n) is 5.59. The van der Waals surface area contributed by atoms with Crippen LogP contribution in [0, 0.1) is 10.1 Å². The van der Waals surface area contributed by atoms with Gasteiger partial charge in [-0.2, -0.15) is 0 Å². The molecule has 0 aromatic heterocycles. The van der Waals surface area contributed by atoms with Crippen LogP contribution in [0.4, 0.5) is 11.4 Å². The van der Waals surface area contributed by atoms with Crippen LogP contribution in [0.5, 0.6) is 0 Å². The van der Waals surface area contributed by atoms with Gasteiger partial charge in [0.25, 0.3) is 5.69 Å². The van der Waals surface area contributed by atoms with E-state index in [0.29, 0.717) is 10.6 Å². The fraction of sp³-hybridized carbons (Fsp3) is 0.0769. The highest BCUT2D eigenvalue weighted by molar-refractivity contribution is 9.11. The standard InChI is InChI=1S/C13H9Br2ClN2O2/c14-8-4-5-10(15)12(6-8)17-7-9-11(16)2-1-3-13(9)18(19)20/h1-6,17H,7H2. The summed E-state index contributed by atoms with van der Waals surface area (Å²) in [6, 6.07) is 10.3. The quantitative estimate of drug-likeness (QED) is 0.533. The molecule has 20 heavy (non-hydrogen) atoms. The minimum absolute atomic E-state index is 0.0103. The molecule has 104 valence electrons. The number of halogens is 3. The number of nitro groups is 1. The highest BCUT2D eigenvalue weighted by Crippen LogP contribution is 2.30. The lowest BCUT2D eigenvalue weighted by Crippen LogP contribution is -2.04. The van der Waals surface area contributed by atoms with Crippen molar-refractivity contribution in [2.24, 2.45) is 0 Å². The summed E-state index contributed by atoms with van der Waals surface area (Å²) in [4.78, 5) is 10.6. The lowest BCUT2D eigenvalue weighted by atomic mass is 10.1. The van der Waals surface area contributed by atoms with E-state index in [-0.39, 0.29) is 12.2 Å². The molecular weight excluding hydrogens is 411 g/mol. The highest BCUT2D eigenvalue weighted by atomic mass is 79.9. The molecule has 0 spiro atoms. The molecule has 0 radical (unpaired) electrons. The van der Waals surface area contributed by atoms with Gasteiger partial charge in [-0.1, -0.05) is 33.6 Å². The number of rotatable bonds is 4. The van der Waals surface area contributed by atoms with Gasteiger partial charge in [-0.15, -0.1) is 0 Å². The molecule has 0 amide bonds. The van der Waals surface area contributed by atoms with Crippen LogP contribution < -0.4 is 5.32 Å². The number of benzene rings is 2. The van der Waals surface area contributed by atoms with E-state index in [1.165, 1.54) is 6.07 Å². The van der Waals surface area contributed by atoms with Gasteiger partial charge in [0.05, 0.1) is 15.5 Å². The molecule has 2 rings (SSSR count). The van der Waals surface area contributed by atoms with E-state index >= 15 is 0 Å². The summed E-state index contributed by atoms with van der Waals surface area (Å²) >= 11 is 12.8. The molecule has 4 nitrogen and oxygen atoms in total. The van der Waals surface area contributed by atoms with Gasteiger partial charge in [-0.25, -0.2) is 0 Å².